The minimum Gasteiger partial charge on any atom is -0.487 e. The number of ether oxygens (including phenoxy) is 2. The monoisotopic (exact) mass is 442 g/mol. The molecule has 3 aromatic rings. The van der Waals surface area contributed by atoms with Crippen molar-refractivity contribution >= 4 is 29.3 Å². The molecule has 1 N–H and O–H groups in total. The van der Waals surface area contributed by atoms with Gasteiger partial charge in [-0.2, -0.15) is 0 Å². The van der Waals surface area contributed by atoms with Gasteiger partial charge in [0.2, 0.25) is 0 Å². The second kappa shape index (κ2) is 11.0. The van der Waals surface area contributed by atoms with E-state index in [1.807, 2.05) is 67.6 Å². The molecular formula is C24H23ClO4S. The minimum absolute atomic E-state index is 0.0287. The third-order valence-corrected chi connectivity index (χ3v) is 5.51. The van der Waals surface area contributed by atoms with Gasteiger partial charge in [0.05, 0.1) is 12.5 Å². The molecule has 0 saturated heterocycles. The third-order valence-electron chi connectivity index (χ3n) is 4.25. The van der Waals surface area contributed by atoms with Crippen molar-refractivity contribution in [1.82, 2.24) is 0 Å². The van der Waals surface area contributed by atoms with Gasteiger partial charge in [0.25, 0.3) is 0 Å². The Labute approximate surface area is 185 Å². The first kappa shape index (κ1) is 22.1. The van der Waals surface area contributed by atoms with Crippen LogP contribution < -0.4 is 9.47 Å². The number of aliphatic carboxylic acids is 1. The molecule has 4 nitrogen and oxygen atoms in total. The zero-order chi connectivity index (χ0) is 21.3. The van der Waals surface area contributed by atoms with E-state index in [-0.39, 0.29) is 12.5 Å². The minimum atomic E-state index is -0.823. The van der Waals surface area contributed by atoms with Gasteiger partial charge < -0.3 is 14.6 Å². The van der Waals surface area contributed by atoms with Crippen LogP contribution in [-0.4, -0.2) is 22.9 Å². The van der Waals surface area contributed by atoms with Crippen molar-refractivity contribution in [3.05, 3.63) is 83.4 Å². The number of rotatable bonds is 10. The summed E-state index contributed by atoms with van der Waals surface area (Å²) in [4.78, 5) is 11.9. The van der Waals surface area contributed by atoms with Crippen LogP contribution in [0.15, 0.2) is 77.7 Å². The molecule has 156 valence electrons. The van der Waals surface area contributed by atoms with Gasteiger partial charge in [0.1, 0.15) is 5.75 Å². The van der Waals surface area contributed by atoms with E-state index in [1.54, 1.807) is 23.9 Å². The van der Waals surface area contributed by atoms with Crippen molar-refractivity contribution in [3.63, 3.8) is 0 Å². The first-order valence-electron chi connectivity index (χ1n) is 9.62. The molecule has 0 aliphatic rings. The van der Waals surface area contributed by atoms with Crippen molar-refractivity contribution in [3.8, 4) is 17.2 Å². The van der Waals surface area contributed by atoms with Crippen LogP contribution in [0.25, 0.3) is 0 Å². The summed E-state index contributed by atoms with van der Waals surface area (Å²) in [6.45, 7) is 2.02. The molecule has 1 atom stereocenters. The van der Waals surface area contributed by atoms with Gasteiger partial charge in [-0.05, 0) is 55.3 Å². The Morgan fingerprint density at radius 2 is 1.83 bits per heavy atom. The highest BCUT2D eigenvalue weighted by Gasteiger charge is 2.12. The summed E-state index contributed by atoms with van der Waals surface area (Å²) < 4.78 is 12.1. The Kier molecular flexibility index (Phi) is 8.05. The molecule has 0 aliphatic heterocycles. The number of carbonyl (C=O) groups is 1. The Balaban J connectivity index is 1.56. The molecule has 0 heterocycles. The topological polar surface area (TPSA) is 55.8 Å². The fourth-order valence-corrected chi connectivity index (χ4v) is 4.07. The van der Waals surface area contributed by atoms with Crippen LogP contribution in [0.1, 0.15) is 18.9 Å². The number of carboxylic acids is 1. The van der Waals surface area contributed by atoms with E-state index in [0.29, 0.717) is 22.3 Å². The van der Waals surface area contributed by atoms with Crippen molar-refractivity contribution in [2.24, 2.45) is 0 Å². The van der Waals surface area contributed by atoms with Crippen molar-refractivity contribution in [1.29, 1.82) is 0 Å². The molecule has 30 heavy (non-hydrogen) atoms. The number of benzene rings is 3. The zero-order valence-corrected chi connectivity index (χ0v) is 18.2. The molecule has 6 heteroatoms. The summed E-state index contributed by atoms with van der Waals surface area (Å²) in [7, 11) is 0. The number of para-hydroxylation sites is 1. The number of hydrogen-bond acceptors (Lipinski definition) is 4. The standard InChI is InChI=1S/C24H23ClO4S/c1-17(12-13-30-21-9-5-6-18(14-21)15-24(26)27)28-22-11-10-19(25)16-23(22)29-20-7-3-2-4-8-20/h2-11,14,16-17H,12-13,15H2,1H3,(H,26,27)/t17-/m0/s1. The average Bonchev–Trinajstić information content (AvgIpc) is 2.71. The largest absolute Gasteiger partial charge is 0.487 e. The first-order valence-corrected chi connectivity index (χ1v) is 11.0. The van der Waals surface area contributed by atoms with Crippen LogP contribution in [0.5, 0.6) is 17.2 Å². The lowest BCUT2D eigenvalue weighted by atomic mass is 10.2. The van der Waals surface area contributed by atoms with Gasteiger partial charge in [-0.1, -0.05) is 41.9 Å². The second-order valence-electron chi connectivity index (χ2n) is 6.79. The van der Waals surface area contributed by atoms with E-state index in [2.05, 4.69) is 0 Å². The number of carboxylic acid groups (broad SMARTS) is 1. The smallest absolute Gasteiger partial charge is 0.307 e. The lowest BCUT2D eigenvalue weighted by molar-refractivity contribution is -0.136. The Hall–Kier alpha value is -2.63. The van der Waals surface area contributed by atoms with Gasteiger partial charge in [0.15, 0.2) is 11.5 Å². The van der Waals surface area contributed by atoms with Gasteiger partial charge in [-0.15, -0.1) is 11.8 Å². The maximum Gasteiger partial charge on any atom is 0.307 e. The molecular weight excluding hydrogens is 420 g/mol. The average molecular weight is 443 g/mol. The van der Waals surface area contributed by atoms with Crippen LogP contribution in [0.3, 0.4) is 0 Å². The molecule has 0 spiro atoms. The third kappa shape index (κ3) is 7.01. The highest BCUT2D eigenvalue weighted by atomic mass is 35.5. The van der Waals surface area contributed by atoms with E-state index < -0.39 is 5.97 Å². The Morgan fingerprint density at radius 3 is 2.60 bits per heavy atom. The van der Waals surface area contributed by atoms with E-state index in [9.17, 15) is 4.79 Å². The van der Waals surface area contributed by atoms with E-state index in [0.717, 1.165) is 22.6 Å². The highest BCUT2D eigenvalue weighted by molar-refractivity contribution is 7.99. The SMILES string of the molecule is C[C@@H](CCSc1cccc(CC(=O)O)c1)Oc1ccc(Cl)cc1Oc1ccccc1. The van der Waals surface area contributed by atoms with Crippen molar-refractivity contribution < 1.29 is 19.4 Å². The molecule has 0 aliphatic carbocycles. The fourth-order valence-electron chi connectivity index (χ4n) is 2.81. The highest BCUT2D eigenvalue weighted by Crippen LogP contribution is 2.35. The predicted octanol–water partition coefficient (Wildman–Crippen LogP) is 6.71. The van der Waals surface area contributed by atoms with Gasteiger partial charge in [0, 0.05) is 21.7 Å². The molecule has 0 unspecified atom stereocenters. The molecule has 0 bridgehead atoms. The van der Waals surface area contributed by atoms with Crippen molar-refractivity contribution in [2.75, 3.05) is 5.75 Å². The lowest BCUT2D eigenvalue weighted by Crippen LogP contribution is -2.13. The van der Waals surface area contributed by atoms with E-state index in [1.165, 1.54) is 0 Å². The number of thioether (sulfide) groups is 1. The van der Waals surface area contributed by atoms with Gasteiger partial charge >= 0.3 is 5.97 Å². The first-order chi connectivity index (χ1) is 14.5. The molecule has 0 aromatic heterocycles. The quantitative estimate of drug-likeness (QED) is 0.353. The number of hydrogen-bond donors (Lipinski definition) is 1. The van der Waals surface area contributed by atoms with Crippen molar-refractivity contribution in [2.45, 2.75) is 30.8 Å². The molecule has 0 fully saturated rings. The Bertz CT molecular complexity index is 978. The predicted molar refractivity (Wildman–Crippen MR) is 121 cm³/mol. The lowest BCUT2D eigenvalue weighted by Gasteiger charge is -2.18. The van der Waals surface area contributed by atoms with Crippen LogP contribution in [0.4, 0.5) is 0 Å². The maximum atomic E-state index is 10.9. The summed E-state index contributed by atoms with van der Waals surface area (Å²) in [5, 5.41) is 9.52. The van der Waals surface area contributed by atoms with Gasteiger partial charge in [-0.3, -0.25) is 4.79 Å². The van der Waals surface area contributed by atoms with E-state index in [4.69, 9.17) is 26.2 Å². The van der Waals surface area contributed by atoms with Crippen LogP contribution in [0, 0.1) is 0 Å². The summed E-state index contributed by atoms with van der Waals surface area (Å²) in [5.74, 6) is 1.96. The van der Waals surface area contributed by atoms with Crippen LogP contribution in [-0.2, 0) is 11.2 Å². The normalized spacial score (nSPS) is 11.7. The number of halogens is 1. The molecule has 0 amide bonds. The molecule has 3 rings (SSSR count). The molecule has 0 radical (unpaired) electrons. The summed E-state index contributed by atoms with van der Waals surface area (Å²) in [6.07, 6.45) is 0.828. The molecule has 0 saturated carbocycles. The zero-order valence-electron chi connectivity index (χ0n) is 16.6. The fraction of sp³-hybridized carbons (Fsp3) is 0.208. The molecule has 3 aromatic carbocycles. The Morgan fingerprint density at radius 1 is 1.03 bits per heavy atom. The van der Waals surface area contributed by atoms with Crippen LogP contribution in [0.2, 0.25) is 5.02 Å². The van der Waals surface area contributed by atoms with E-state index >= 15 is 0 Å². The van der Waals surface area contributed by atoms with Gasteiger partial charge in [-0.25, -0.2) is 0 Å². The van der Waals surface area contributed by atoms with Crippen LogP contribution >= 0.6 is 23.4 Å². The maximum absolute atomic E-state index is 10.9. The second-order valence-corrected chi connectivity index (χ2v) is 8.39. The summed E-state index contributed by atoms with van der Waals surface area (Å²) in [6, 6.07) is 22.5. The summed E-state index contributed by atoms with van der Waals surface area (Å²) in [5.41, 5.74) is 0.806. The summed E-state index contributed by atoms with van der Waals surface area (Å²) >= 11 is 7.82.